The van der Waals surface area contributed by atoms with E-state index in [0.717, 1.165) is 5.41 Å². The number of aliphatic hydroxyl groups excluding tert-OH is 1. The van der Waals surface area contributed by atoms with E-state index < -0.39 is 0 Å². The molecule has 2 aliphatic carbocycles. The van der Waals surface area contributed by atoms with Gasteiger partial charge in [-0.1, -0.05) is 6.42 Å². The first-order valence-corrected chi connectivity index (χ1v) is 4.19. The van der Waals surface area contributed by atoms with Crippen LogP contribution < -0.4 is 5.32 Å². The molecule has 10 heavy (non-hydrogen) atoms. The molecule has 58 valence electrons. The lowest BCUT2D eigenvalue weighted by atomic mass is 9.54. The number of aliphatic hydroxyl groups is 1. The van der Waals surface area contributed by atoms with E-state index >= 15 is 0 Å². The molecular weight excluding hydrogens is 126 g/mol. The minimum Gasteiger partial charge on any atom is -0.381 e. The Balaban J connectivity index is 1.72. The van der Waals surface area contributed by atoms with Gasteiger partial charge in [0, 0.05) is 6.04 Å². The van der Waals surface area contributed by atoms with Crippen LogP contribution in [-0.2, 0) is 0 Å². The summed E-state index contributed by atoms with van der Waals surface area (Å²) in [6.07, 6.45) is 6.94. The number of rotatable bonds is 2. The molecule has 2 N–H and O–H groups in total. The average molecular weight is 141 g/mol. The first-order valence-electron chi connectivity index (χ1n) is 4.19. The van der Waals surface area contributed by atoms with Crippen molar-refractivity contribution < 1.29 is 5.11 Å². The third kappa shape index (κ3) is 0.867. The van der Waals surface area contributed by atoms with Gasteiger partial charge < -0.3 is 5.11 Å². The number of hydrogen-bond donors (Lipinski definition) is 2. The summed E-state index contributed by atoms with van der Waals surface area (Å²) in [5, 5.41) is 11.6. The summed E-state index contributed by atoms with van der Waals surface area (Å²) in [5.41, 5.74) is 0.743. The zero-order valence-electron chi connectivity index (χ0n) is 6.27. The summed E-state index contributed by atoms with van der Waals surface area (Å²) in [6.45, 7) is 0.154. The predicted octanol–water partition coefficient (Wildman–Crippen LogP) is 0.859. The van der Waals surface area contributed by atoms with E-state index in [-0.39, 0.29) is 6.73 Å². The monoisotopic (exact) mass is 141 g/mol. The molecule has 2 rings (SSSR count). The molecule has 2 nitrogen and oxygen atoms in total. The summed E-state index contributed by atoms with van der Waals surface area (Å²) in [4.78, 5) is 0. The highest BCUT2D eigenvalue weighted by Gasteiger charge is 2.47. The second-order valence-corrected chi connectivity index (χ2v) is 3.82. The van der Waals surface area contributed by atoms with Crippen LogP contribution in [0.4, 0.5) is 0 Å². The number of nitrogens with one attached hydrogen (secondary N) is 1. The zero-order valence-corrected chi connectivity index (χ0v) is 6.27. The second-order valence-electron chi connectivity index (χ2n) is 3.82. The molecule has 0 heterocycles. The molecule has 0 aliphatic heterocycles. The summed E-state index contributed by atoms with van der Waals surface area (Å²) >= 11 is 0. The molecule has 1 spiro atoms. The molecular formula is C8H15NO. The highest BCUT2D eigenvalue weighted by atomic mass is 16.3. The van der Waals surface area contributed by atoms with Crippen LogP contribution in [-0.4, -0.2) is 17.9 Å². The fourth-order valence-corrected chi connectivity index (χ4v) is 2.34. The smallest absolute Gasteiger partial charge is 0.0933 e. The summed E-state index contributed by atoms with van der Waals surface area (Å²) in [7, 11) is 0. The van der Waals surface area contributed by atoms with Crippen molar-refractivity contribution in [2.75, 3.05) is 6.73 Å². The topological polar surface area (TPSA) is 32.3 Å². The molecule has 2 saturated carbocycles. The lowest BCUT2D eigenvalue weighted by Crippen LogP contribution is -2.52. The third-order valence-electron chi connectivity index (χ3n) is 3.15. The Bertz CT molecular complexity index is 123. The Morgan fingerprint density at radius 2 is 2.10 bits per heavy atom. The van der Waals surface area contributed by atoms with Gasteiger partial charge in [0.1, 0.15) is 0 Å². The van der Waals surface area contributed by atoms with Gasteiger partial charge >= 0.3 is 0 Å². The lowest BCUT2D eigenvalue weighted by molar-refractivity contribution is -0.0101. The highest BCUT2D eigenvalue weighted by molar-refractivity contribution is 5.01. The van der Waals surface area contributed by atoms with Crippen LogP contribution in [0.2, 0.25) is 0 Å². The van der Waals surface area contributed by atoms with E-state index in [4.69, 9.17) is 5.11 Å². The fraction of sp³-hybridized carbons (Fsp3) is 1.00. The Labute approximate surface area is 61.6 Å². The van der Waals surface area contributed by atoms with Gasteiger partial charge in [0.2, 0.25) is 0 Å². The molecule has 0 aromatic heterocycles. The molecule has 2 heteroatoms. The Morgan fingerprint density at radius 1 is 1.40 bits per heavy atom. The first kappa shape index (κ1) is 6.62. The molecule has 2 aliphatic rings. The SMILES string of the molecule is OCNC1CC2(CCC2)C1. The molecule has 0 radical (unpaired) electrons. The molecule has 0 aromatic carbocycles. The predicted molar refractivity (Wildman–Crippen MR) is 39.5 cm³/mol. The van der Waals surface area contributed by atoms with E-state index in [9.17, 15) is 0 Å². The molecule has 0 bridgehead atoms. The third-order valence-corrected chi connectivity index (χ3v) is 3.15. The maximum absolute atomic E-state index is 8.55. The molecule has 2 fully saturated rings. The lowest BCUT2D eigenvalue weighted by Gasteiger charge is -2.54. The highest BCUT2D eigenvalue weighted by Crippen LogP contribution is 2.55. The van der Waals surface area contributed by atoms with Gasteiger partial charge in [0.25, 0.3) is 0 Å². The summed E-state index contributed by atoms with van der Waals surface area (Å²) < 4.78 is 0. The minimum atomic E-state index is 0.154. The van der Waals surface area contributed by atoms with Gasteiger partial charge in [-0.2, -0.15) is 0 Å². The van der Waals surface area contributed by atoms with Gasteiger partial charge in [0.05, 0.1) is 6.73 Å². The molecule has 0 atom stereocenters. The standard InChI is InChI=1S/C8H15NO/c10-6-9-7-4-8(5-7)2-1-3-8/h7,9-10H,1-6H2. The van der Waals surface area contributed by atoms with Crippen LogP contribution in [0.5, 0.6) is 0 Å². The number of hydrogen-bond acceptors (Lipinski definition) is 2. The van der Waals surface area contributed by atoms with Crippen LogP contribution in [0.25, 0.3) is 0 Å². The van der Waals surface area contributed by atoms with Crippen molar-refractivity contribution in [1.29, 1.82) is 0 Å². The largest absolute Gasteiger partial charge is 0.381 e. The minimum absolute atomic E-state index is 0.154. The maximum Gasteiger partial charge on any atom is 0.0933 e. The van der Waals surface area contributed by atoms with Crippen molar-refractivity contribution in [3.8, 4) is 0 Å². The maximum atomic E-state index is 8.55. The molecule has 0 saturated heterocycles. The van der Waals surface area contributed by atoms with Gasteiger partial charge in [-0.3, -0.25) is 5.32 Å². The van der Waals surface area contributed by atoms with Crippen molar-refractivity contribution in [3.05, 3.63) is 0 Å². The Hall–Kier alpha value is -0.0800. The van der Waals surface area contributed by atoms with Gasteiger partial charge in [-0.05, 0) is 31.1 Å². The summed E-state index contributed by atoms with van der Waals surface area (Å²) in [5.74, 6) is 0. The first-order chi connectivity index (χ1) is 4.85. The second kappa shape index (κ2) is 2.21. The van der Waals surface area contributed by atoms with Crippen LogP contribution in [0.3, 0.4) is 0 Å². The Morgan fingerprint density at radius 3 is 2.50 bits per heavy atom. The summed E-state index contributed by atoms with van der Waals surface area (Å²) in [6, 6.07) is 0.630. The van der Waals surface area contributed by atoms with Crippen LogP contribution in [0, 0.1) is 5.41 Å². The van der Waals surface area contributed by atoms with Crippen molar-refractivity contribution in [2.24, 2.45) is 5.41 Å². The zero-order chi connectivity index (χ0) is 7.03. The van der Waals surface area contributed by atoms with E-state index in [1.54, 1.807) is 0 Å². The molecule has 0 aromatic rings. The van der Waals surface area contributed by atoms with Crippen LogP contribution in [0.15, 0.2) is 0 Å². The van der Waals surface area contributed by atoms with Crippen molar-refractivity contribution >= 4 is 0 Å². The molecule has 0 amide bonds. The van der Waals surface area contributed by atoms with Gasteiger partial charge in [-0.25, -0.2) is 0 Å². The average Bonchev–Trinajstić information content (AvgIpc) is 1.72. The van der Waals surface area contributed by atoms with Gasteiger partial charge in [0.15, 0.2) is 0 Å². The quantitative estimate of drug-likeness (QED) is 0.559. The fourth-order valence-electron chi connectivity index (χ4n) is 2.34. The van der Waals surface area contributed by atoms with E-state index in [0.29, 0.717) is 6.04 Å². The molecule has 0 unspecified atom stereocenters. The van der Waals surface area contributed by atoms with Crippen molar-refractivity contribution in [1.82, 2.24) is 5.32 Å². The van der Waals surface area contributed by atoms with Crippen LogP contribution >= 0.6 is 0 Å². The van der Waals surface area contributed by atoms with Crippen molar-refractivity contribution in [2.45, 2.75) is 38.1 Å². The normalized spacial score (nSPS) is 29.7. The van der Waals surface area contributed by atoms with E-state index in [2.05, 4.69) is 5.32 Å². The van der Waals surface area contributed by atoms with E-state index in [1.807, 2.05) is 0 Å². The van der Waals surface area contributed by atoms with Gasteiger partial charge in [-0.15, -0.1) is 0 Å². The van der Waals surface area contributed by atoms with E-state index in [1.165, 1.54) is 32.1 Å². The van der Waals surface area contributed by atoms with Crippen molar-refractivity contribution in [3.63, 3.8) is 0 Å². The van der Waals surface area contributed by atoms with Crippen LogP contribution in [0.1, 0.15) is 32.1 Å². The Kier molecular flexibility index (Phi) is 1.46.